The van der Waals surface area contributed by atoms with Gasteiger partial charge in [-0.25, -0.2) is 0 Å². The summed E-state index contributed by atoms with van der Waals surface area (Å²) in [6, 6.07) is 26.8. The maximum Gasteiger partial charge on any atom is 0.0880 e. The Labute approximate surface area is 202 Å². The fourth-order valence-electron chi connectivity index (χ4n) is 4.76. The first kappa shape index (κ1) is 20.6. The van der Waals surface area contributed by atoms with Crippen LogP contribution >= 0.6 is 22.7 Å². The number of thiophene rings is 2. The van der Waals surface area contributed by atoms with Crippen LogP contribution < -0.4 is 0 Å². The van der Waals surface area contributed by atoms with Gasteiger partial charge in [0.1, 0.15) is 0 Å². The number of hydrogen-bond acceptors (Lipinski definition) is 3. The number of pyridine rings is 1. The molecule has 1 nitrogen and oxygen atoms in total. The molecule has 3 heteroatoms. The molecule has 0 saturated heterocycles. The Balaban J connectivity index is 1.59. The van der Waals surface area contributed by atoms with Gasteiger partial charge in [0.25, 0.3) is 0 Å². The van der Waals surface area contributed by atoms with Crippen molar-refractivity contribution in [3.05, 3.63) is 89.4 Å². The predicted molar refractivity (Wildman–Crippen MR) is 147 cm³/mol. The van der Waals surface area contributed by atoms with Crippen LogP contribution in [0.2, 0.25) is 0 Å². The third-order valence-corrected chi connectivity index (χ3v) is 8.60. The third-order valence-electron chi connectivity index (χ3n) is 6.31. The summed E-state index contributed by atoms with van der Waals surface area (Å²) in [5, 5.41) is 5.19. The van der Waals surface area contributed by atoms with Crippen molar-refractivity contribution in [3.8, 4) is 21.7 Å². The van der Waals surface area contributed by atoms with E-state index in [1.54, 1.807) is 0 Å². The maximum absolute atomic E-state index is 4.89. The summed E-state index contributed by atoms with van der Waals surface area (Å²) >= 11 is 3.74. The van der Waals surface area contributed by atoms with Crippen molar-refractivity contribution in [2.75, 3.05) is 0 Å². The Morgan fingerprint density at radius 1 is 0.727 bits per heavy atom. The molecular weight excluding hydrogens is 438 g/mol. The van der Waals surface area contributed by atoms with Crippen LogP contribution in [0.3, 0.4) is 0 Å². The smallest absolute Gasteiger partial charge is 0.0880 e. The van der Waals surface area contributed by atoms with Crippen molar-refractivity contribution in [3.63, 3.8) is 0 Å². The minimum atomic E-state index is 0.0524. The fraction of sp³-hybridized carbons (Fsp3) is 0.167. The first-order chi connectivity index (χ1) is 15.9. The van der Waals surface area contributed by atoms with Gasteiger partial charge >= 0.3 is 0 Å². The molecule has 0 N–H and O–H groups in total. The van der Waals surface area contributed by atoms with Crippen LogP contribution in [0.4, 0.5) is 0 Å². The number of hydrogen-bond donors (Lipinski definition) is 0. The lowest BCUT2D eigenvalue weighted by Crippen LogP contribution is -2.12. The summed E-state index contributed by atoms with van der Waals surface area (Å²) in [6.45, 7) is 9.06. The first-order valence-corrected chi connectivity index (χ1v) is 12.9. The molecule has 6 aromatic rings. The minimum Gasteiger partial charge on any atom is -0.255 e. The Morgan fingerprint density at radius 3 is 2.36 bits per heavy atom. The Morgan fingerprint density at radius 2 is 1.52 bits per heavy atom. The van der Waals surface area contributed by atoms with Crippen molar-refractivity contribution < 1.29 is 0 Å². The number of aromatic nitrogens is 1. The second-order valence-corrected chi connectivity index (χ2v) is 12.1. The molecule has 0 unspecified atom stereocenters. The van der Waals surface area contributed by atoms with Gasteiger partial charge in [0.05, 0.1) is 10.4 Å². The summed E-state index contributed by atoms with van der Waals surface area (Å²) in [7, 11) is 0. The number of rotatable bonds is 2. The van der Waals surface area contributed by atoms with Gasteiger partial charge < -0.3 is 0 Å². The number of fused-ring (bicyclic) bond motifs is 3. The molecule has 0 bridgehead atoms. The Kier molecular flexibility index (Phi) is 4.69. The monoisotopic (exact) mass is 463 g/mol. The van der Waals surface area contributed by atoms with Crippen LogP contribution in [-0.2, 0) is 5.41 Å². The van der Waals surface area contributed by atoms with Crippen LogP contribution in [0, 0.1) is 6.92 Å². The molecule has 3 heterocycles. The van der Waals surface area contributed by atoms with E-state index in [2.05, 4.69) is 100 Å². The van der Waals surface area contributed by atoms with Crippen molar-refractivity contribution in [1.29, 1.82) is 0 Å². The lowest BCUT2D eigenvalue weighted by atomic mass is 9.82. The van der Waals surface area contributed by atoms with Gasteiger partial charge in [-0.05, 0) is 69.8 Å². The quantitative estimate of drug-likeness (QED) is 0.249. The van der Waals surface area contributed by atoms with Gasteiger partial charge in [-0.2, -0.15) is 0 Å². The van der Waals surface area contributed by atoms with Crippen LogP contribution in [-0.4, -0.2) is 4.98 Å². The number of nitrogens with zero attached hydrogens (tertiary/aromatic N) is 1. The van der Waals surface area contributed by atoms with Crippen LogP contribution in [0.25, 0.3) is 52.6 Å². The van der Waals surface area contributed by atoms with Crippen LogP contribution in [0.15, 0.2) is 79.0 Å². The van der Waals surface area contributed by atoms with E-state index in [0.29, 0.717) is 0 Å². The zero-order valence-electron chi connectivity index (χ0n) is 19.3. The highest BCUT2D eigenvalue weighted by Gasteiger charge is 2.20. The molecule has 33 heavy (non-hydrogen) atoms. The second kappa shape index (κ2) is 7.51. The zero-order chi connectivity index (χ0) is 22.7. The molecule has 0 radical (unpaired) electrons. The lowest BCUT2D eigenvalue weighted by molar-refractivity contribution is 0.596. The second-order valence-electron chi connectivity index (χ2n) is 9.76. The van der Waals surface area contributed by atoms with Gasteiger partial charge in [-0.1, -0.05) is 63.2 Å². The molecule has 3 aromatic carbocycles. The Hall–Kier alpha value is -3.01. The molecule has 162 valence electrons. The van der Waals surface area contributed by atoms with Crippen LogP contribution in [0.1, 0.15) is 31.2 Å². The topological polar surface area (TPSA) is 12.9 Å². The standard InChI is InChI=1S/C30H25NS2/c1-18-14-20-9-7-11-24(28(20)32-18)26-17-21-12-13-31-27(29(21)33-26)22-15-19-8-5-6-10-23(19)25(16-22)30(2,3)4/h5-17H,1-4H3. The molecule has 0 aliphatic rings. The molecule has 6 rings (SSSR count). The van der Waals surface area contributed by atoms with E-state index < -0.39 is 0 Å². The summed E-state index contributed by atoms with van der Waals surface area (Å²) in [5.74, 6) is 0. The Bertz CT molecular complexity index is 1660. The van der Waals surface area contributed by atoms with E-state index in [9.17, 15) is 0 Å². The summed E-state index contributed by atoms with van der Waals surface area (Å²) in [5.41, 5.74) is 5.02. The van der Waals surface area contributed by atoms with Gasteiger partial charge in [0, 0.05) is 31.8 Å². The van der Waals surface area contributed by atoms with Crippen molar-refractivity contribution >= 4 is 53.6 Å². The molecule has 0 spiro atoms. The maximum atomic E-state index is 4.89. The predicted octanol–water partition coefficient (Wildman–Crippen LogP) is 9.60. The molecule has 0 aliphatic heterocycles. The minimum absolute atomic E-state index is 0.0524. The molecule has 0 amide bonds. The van der Waals surface area contributed by atoms with Crippen molar-refractivity contribution in [1.82, 2.24) is 4.98 Å². The fourth-order valence-corrected chi connectivity index (χ4v) is 7.06. The molecule has 0 atom stereocenters. The van der Waals surface area contributed by atoms with Crippen molar-refractivity contribution in [2.24, 2.45) is 0 Å². The molecule has 0 aliphatic carbocycles. The van der Waals surface area contributed by atoms with Crippen molar-refractivity contribution in [2.45, 2.75) is 33.1 Å². The number of benzene rings is 3. The van der Waals surface area contributed by atoms with E-state index in [-0.39, 0.29) is 5.41 Å². The van der Waals surface area contributed by atoms with E-state index in [0.717, 1.165) is 5.69 Å². The van der Waals surface area contributed by atoms with E-state index in [1.165, 1.54) is 57.4 Å². The van der Waals surface area contributed by atoms with Crippen LogP contribution in [0.5, 0.6) is 0 Å². The zero-order valence-corrected chi connectivity index (χ0v) is 20.9. The van der Waals surface area contributed by atoms with Gasteiger partial charge in [0.15, 0.2) is 0 Å². The highest BCUT2D eigenvalue weighted by Crippen LogP contribution is 2.43. The SMILES string of the molecule is Cc1cc2cccc(-c3cc4ccnc(-c5cc(C(C)(C)C)c6ccccc6c5)c4s3)c2s1. The molecular formula is C30H25NS2. The highest BCUT2D eigenvalue weighted by atomic mass is 32.1. The van der Waals surface area contributed by atoms with E-state index in [1.807, 2.05) is 28.9 Å². The summed E-state index contributed by atoms with van der Waals surface area (Å²) in [6.07, 6.45) is 1.95. The van der Waals surface area contributed by atoms with Gasteiger partial charge in [-0.3, -0.25) is 4.98 Å². The van der Waals surface area contributed by atoms with E-state index in [4.69, 9.17) is 4.98 Å². The summed E-state index contributed by atoms with van der Waals surface area (Å²) < 4.78 is 2.63. The lowest BCUT2D eigenvalue weighted by Gasteiger charge is -2.22. The van der Waals surface area contributed by atoms with Gasteiger partial charge in [-0.15, -0.1) is 22.7 Å². The molecule has 3 aromatic heterocycles. The molecule has 0 fully saturated rings. The number of aryl methyl sites for hydroxylation is 1. The normalized spacial score (nSPS) is 12.2. The average Bonchev–Trinajstić information content (AvgIpc) is 3.39. The summed E-state index contributed by atoms with van der Waals surface area (Å²) in [4.78, 5) is 7.56. The third kappa shape index (κ3) is 3.47. The first-order valence-electron chi connectivity index (χ1n) is 11.3. The van der Waals surface area contributed by atoms with E-state index >= 15 is 0 Å². The van der Waals surface area contributed by atoms with Gasteiger partial charge in [0.2, 0.25) is 0 Å². The average molecular weight is 464 g/mol. The largest absolute Gasteiger partial charge is 0.255 e. The highest BCUT2D eigenvalue weighted by molar-refractivity contribution is 7.24. The molecule has 0 saturated carbocycles.